The first-order valence-corrected chi connectivity index (χ1v) is 15.5. The fourth-order valence-corrected chi connectivity index (χ4v) is 7.30. The molecule has 7 aromatic carbocycles. The predicted octanol–water partition coefficient (Wildman–Crippen LogP) is 11.6. The highest BCUT2D eigenvalue weighted by molar-refractivity contribution is 6.25. The van der Waals surface area contributed by atoms with E-state index in [0.29, 0.717) is 0 Å². The van der Waals surface area contributed by atoms with Crippen LogP contribution in [0.4, 0.5) is 0 Å². The number of para-hydroxylation sites is 2. The van der Waals surface area contributed by atoms with Gasteiger partial charge in [-0.15, -0.1) is 0 Å². The molecule has 2 nitrogen and oxygen atoms in total. The zero-order valence-corrected chi connectivity index (χ0v) is 25.0. The first kappa shape index (κ1) is 25.6. The minimum absolute atomic E-state index is 1.14. The van der Waals surface area contributed by atoms with Gasteiger partial charge in [-0.3, -0.25) is 0 Å². The van der Waals surface area contributed by atoms with Crippen LogP contribution < -0.4 is 0 Å². The van der Waals surface area contributed by atoms with Gasteiger partial charge in [0.25, 0.3) is 0 Å². The maximum Gasteiger partial charge on any atom is 0.0619 e. The molecule has 0 spiro atoms. The van der Waals surface area contributed by atoms with E-state index in [1.165, 1.54) is 70.7 Å². The van der Waals surface area contributed by atoms with E-state index in [0.717, 1.165) is 11.4 Å². The van der Waals surface area contributed by atoms with Gasteiger partial charge in [-0.25, -0.2) is 0 Å². The van der Waals surface area contributed by atoms with Gasteiger partial charge in [0, 0.05) is 38.3 Å². The van der Waals surface area contributed by atoms with Crippen LogP contribution in [-0.2, 0) is 0 Å². The van der Waals surface area contributed by atoms with Crippen molar-refractivity contribution in [3.8, 4) is 11.4 Å². The van der Waals surface area contributed by atoms with Gasteiger partial charge >= 0.3 is 0 Å². The van der Waals surface area contributed by atoms with E-state index in [-0.39, 0.29) is 0 Å². The Morgan fingerprint density at radius 3 is 1.60 bits per heavy atom. The van der Waals surface area contributed by atoms with Crippen molar-refractivity contribution in [2.75, 3.05) is 0 Å². The number of benzene rings is 6. The highest BCUT2D eigenvalue weighted by Gasteiger charge is 2.19. The zero-order valence-electron chi connectivity index (χ0n) is 25.0. The summed E-state index contributed by atoms with van der Waals surface area (Å²) >= 11 is 0. The van der Waals surface area contributed by atoms with Crippen LogP contribution in [0.2, 0.25) is 0 Å². The van der Waals surface area contributed by atoms with E-state index in [1.54, 1.807) is 0 Å². The third-order valence-corrected chi connectivity index (χ3v) is 9.23. The van der Waals surface area contributed by atoms with Crippen LogP contribution in [0.15, 0.2) is 164 Å². The second kappa shape index (κ2) is 10.1. The first-order chi connectivity index (χ1) is 22.3. The highest BCUT2D eigenvalue weighted by Crippen LogP contribution is 2.40. The minimum Gasteiger partial charge on any atom is -0.309 e. The fourth-order valence-electron chi connectivity index (χ4n) is 7.30. The predicted molar refractivity (Wildman–Crippen MR) is 192 cm³/mol. The lowest BCUT2D eigenvalue weighted by Crippen LogP contribution is -1.99. The maximum absolute atomic E-state index is 2.51. The van der Waals surface area contributed by atoms with Crippen LogP contribution >= 0.6 is 0 Å². The molecule has 0 fully saturated rings. The second-order valence-electron chi connectivity index (χ2n) is 11.8. The Balaban J connectivity index is 1.49. The van der Waals surface area contributed by atoms with Crippen LogP contribution in [0.5, 0.6) is 0 Å². The molecular formula is C43H30N2. The average molecular weight is 575 g/mol. The van der Waals surface area contributed by atoms with Crippen molar-refractivity contribution in [2.24, 2.45) is 0 Å². The SMILES string of the molecule is Cc1cccccc2ccccc2c2c3ccc4ccccc4c3n(-c3cccc(-n4c5ccccc5c5ccccc54)c3)c12. The molecule has 212 valence electrons. The lowest BCUT2D eigenvalue weighted by Gasteiger charge is -2.14. The molecule has 2 heterocycles. The van der Waals surface area contributed by atoms with Gasteiger partial charge < -0.3 is 9.13 Å². The molecule has 0 saturated carbocycles. The van der Waals surface area contributed by atoms with Crippen molar-refractivity contribution in [3.63, 3.8) is 0 Å². The van der Waals surface area contributed by atoms with Gasteiger partial charge in [0.05, 0.1) is 22.1 Å². The molecule has 0 radical (unpaired) electrons. The Morgan fingerprint density at radius 2 is 0.889 bits per heavy atom. The molecule has 0 amide bonds. The summed E-state index contributed by atoms with van der Waals surface area (Å²) in [6.07, 6.45) is 0. The van der Waals surface area contributed by atoms with E-state index < -0.39 is 0 Å². The van der Waals surface area contributed by atoms with Gasteiger partial charge in [-0.1, -0.05) is 133 Å². The summed E-state index contributed by atoms with van der Waals surface area (Å²) in [6, 6.07) is 59.5. The van der Waals surface area contributed by atoms with Crippen LogP contribution in [0.25, 0.3) is 76.5 Å². The molecule has 0 bridgehead atoms. The molecule has 9 aromatic rings. The summed E-state index contributed by atoms with van der Waals surface area (Å²) in [6.45, 7) is 2.24. The summed E-state index contributed by atoms with van der Waals surface area (Å²) in [4.78, 5) is 0. The molecule has 0 aliphatic rings. The van der Waals surface area contributed by atoms with Gasteiger partial charge in [0.15, 0.2) is 0 Å². The molecule has 0 unspecified atom stereocenters. The smallest absolute Gasteiger partial charge is 0.0619 e. The van der Waals surface area contributed by atoms with E-state index in [2.05, 4.69) is 180 Å². The van der Waals surface area contributed by atoms with Crippen LogP contribution in [0.1, 0.15) is 5.56 Å². The Labute approximate surface area is 261 Å². The van der Waals surface area contributed by atoms with Crippen LogP contribution in [0, 0.1) is 6.92 Å². The molecule has 2 heteroatoms. The van der Waals surface area contributed by atoms with Gasteiger partial charge in [0.2, 0.25) is 0 Å². The van der Waals surface area contributed by atoms with Crippen molar-refractivity contribution in [3.05, 3.63) is 169 Å². The lowest BCUT2D eigenvalue weighted by atomic mass is 10.0. The Bertz CT molecular complexity index is 2620. The van der Waals surface area contributed by atoms with Crippen molar-refractivity contribution in [1.82, 2.24) is 9.13 Å². The number of rotatable bonds is 2. The van der Waals surface area contributed by atoms with Crippen LogP contribution in [-0.4, -0.2) is 9.13 Å². The molecule has 2 aromatic heterocycles. The molecule has 0 aliphatic carbocycles. The Hall–Kier alpha value is -5.86. The summed E-state index contributed by atoms with van der Waals surface area (Å²) in [5.74, 6) is 0. The van der Waals surface area contributed by atoms with Gasteiger partial charge in [-0.05, 0) is 59.0 Å². The number of hydrogen-bond acceptors (Lipinski definition) is 0. The van der Waals surface area contributed by atoms with E-state index in [1.807, 2.05) is 0 Å². The van der Waals surface area contributed by atoms with Crippen molar-refractivity contribution >= 4 is 65.2 Å². The fraction of sp³-hybridized carbons (Fsp3) is 0.0233. The number of aromatic nitrogens is 2. The molecule has 0 saturated heterocycles. The standard InChI is InChI=1S/C43H30N2/c1-29-14-3-2-4-15-30-16-5-7-20-34(30)41-38-27-26-31-17-6-8-21-35(31)43(38)45(42(29)41)33-19-13-18-32(28-33)44-39-24-11-9-22-36(39)37-23-10-12-25-40(37)44/h2-28H,1H3. The third-order valence-electron chi connectivity index (χ3n) is 9.23. The minimum atomic E-state index is 1.14. The Morgan fingerprint density at radius 1 is 0.356 bits per heavy atom. The zero-order chi connectivity index (χ0) is 29.9. The molecule has 45 heavy (non-hydrogen) atoms. The maximum atomic E-state index is 2.51. The molecule has 0 atom stereocenters. The van der Waals surface area contributed by atoms with Crippen LogP contribution in [0.3, 0.4) is 0 Å². The molecular weight excluding hydrogens is 544 g/mol. The third kappa shape index (κ3) is 3.89. The van der Waals surface area contributed by atoms with E-state index in [4.69, 9.17) is 0 Å². The number of fused-ring (bicyclic) bond motifs is 10. The van der Waals surface area contributed by atoms with Crippen molar-refractivity contribution < 1.29 is 0 Å². The topological polar surface area (TPSA) is 9.86 Å². The Kier molecular flexibility index (Phi) is 5.76. The van der Waals surface area contributed by atoms with Gasteiger partial charge in [0.1, 0.15) is 0 Å². The summed E-state index contributed by atoms with van der Waals surface area (Å²) in [7, 11) is 0. The highest BCUT2D eigenvalue weighted by atomic mass is 15.0. The quantitative estimate of drug-likeness (QED) is 0.194. The van der Waals surface area contributed by atoms with Crippen molar-refractivity contribution in [1.29, 1.82) is 0 Å². The average Bonchev–Trinajstić information content (AvgIpc) is 3.62. The van der Waals surface area contributed by atoms with E-state index >= 15 is 0 Å². The molecule has 0 N–H and O–H groups in total. The largest absolute Gasteiger partial charge is 0.309 e. The lowest BCUT2D eigenvalue weighted by molar-refractivity contribution is 1.13. The monoisotopic (exact) mass is 574 g/mol. The van der Waals surface area contributed by atoms with Crippen molar-refractivity contribution in [2.45, 2.75) is 6.92 Å². The number of aryl methyl sites for hydroxylation is 1. The molecule has 9 rings (SSSR count). The summed E-state index contributed by atoms with van der Waals surface area (Å²) in [5, 5.41) is 9.99. The first-order valence-electron chi connectivity index (χ1n) is 15.5. The number of hydrogen-bond donors (Lipinski definition) is 0. The van der Waals surface area contributed by atoms with Gasteiger partial charge in [-0.2, -0.15) is 0 Å². The summed E-state index contributed by atoms with van der Waals surface area (Å²) in [5.41, 5.74) is 8.37. The van der Waals surface area contributed by atoms with E-state index in [9.17, 15) is 0 Å². The normalized spacial score (nSPS) is 11.7. The number of nitrogens with zero attached hydrogens (tertiary/aromatic N) is 2. The second-order valence-corrected chi connectivity index (χ2v) is 11.8. The summed E-state index contributed by atoms with van der Waals surface area (Å²) < 4.78 is 4.91. The molecule has 0 aliphatic heterocycles.